The molecule has 0 heterocycles. The molecule has 0 aromatic heterocycles. The van der Waals surface area contributed by atoms with Gasteiger partial charge in [0.25, 0.3) is 0 Å². The number of unbranched alkanes of at least 4 members (excludes halogenated alkanes) is 1. The molecule has 0 aliphatic carbocycles. The Morgan fingerprint density at radius 2 is 2.00 bits per heavy atom. The smallest absolute Gasteiger partial charge is 0.191 e. The Labute approximate surface area is 144 Å². The molecule has 0 aliphatic heterocycles. The molecule has 0 spiro atoms. The van der Waals surface area contributed by atoms with Crippen LogP contribution in [0.3, 0.4) is 0 Å². The lowest BCUT2D eigenvalue weighted by Crippen LogP contribution is -2.38. The van der Waals surface area contributed by atoms with Crippen molar-refractivity contribution in [3.63, 3.8) is 0 Å². The normalized spacial score (nSPS) is 12.8. The summed E-state index contributed by atoms with van der Waals surface area (Å²) in [5, 5.41) is 6.48. The van der Waals surface area contributed by atoms with Crippen molar-refractivity contribution in [1.29, 1.82) is 0 Å². The van der Waals surface area contributed by atoms with E-state index in [1.54, 1.807) is 18.2 Å². The van der Waals surface area contributed by atoms with Crippen LogP contribution in [-0.4, -0.2) is 44.9 Å². The molecule has 0 radical (unpaired) electrons. The second-order valence-corrected chi connectivity index (χ2v) is 5.41. The molecular weight excluding hydrogens is 309 g/mol. The van der Waals surface area contributed by atoms with E-state index in [-0.39, 0.29) is 17.7 Å². The predicted molar refractivity (Wildman–Crippen MR) is 96.2 cm³/mol. The van der Waals surface area contributed by atoms with Crippen LogP contribution < -0.4 is 15.4 Å². The van der Waals surface area contributed by atoms with Gasteiger partial charge < -0.3 is 20.1 Å². The molecule has 5 nitrogen and oxygen atoms in total. The summed E-state index contributed by atoms with van der Waals surface area (Å²) in [7, 11) is 0. The minimum atomic E-state index is -0.354. The number of nitrogens with zero attached hydrogens (tertiary/aromatic N) is 1. The third-order valence-electron chi connectivity index (χ3n) is 3.23. The van der Waals surface area contributed by atoms with Crippen LogP contribution in [0.1, 0.15) is 33.6 Å². The fourth-order valence-corrected chi connectivity index (χ4v) is 2.04. The summed E-state index contributed by atoms with van der Waals surface area (Å²) < 4.78 is 24.5. The zero-order chi connectivity index (χ0) is 17.6. The van der Waals surface area contributed by atoms with Crippen molar-refractivity contribution < 1.29 is 13.9 Å². The number of ether oxygens (including phenoxy) is 2. The van der Waals surface area contributed by atoms with E-state index in [9.17, 15) is 4.39 Å². The van der Waals surface area contributed by atoms with Crippen molar-refractivity contribution in [2.75, 3.05) is 32.8 Å². The highest BCUT2D eigenvalue weighted by atomic mass is 19.1. The second-order valence-electron chi connectivity index (χ2n) is 5.41. The number of para-hydroxylation sites is 1. The van der Waals surface area contributed by atoms with E-state index in [1.165, 1.54) is 6.07 Å². The Balaban J connectivity index is 2.36. The van der Waals surface area contributed by atoms with E-state index < -0.39 is 0 Å². The van der Waals surface area contributed by atoms with Crippen molar-refractivity contribution in [2.24, 2.45) is 4.99 Å². The highest BCUT2D eigenvalue weighted by Crippen LogP contribution is 2.16. The third-order valence-corrected chi connectivity index (χ3v) is 3.23. The molecule has 0 saturated heterocycles. The largest absolute Gasteiger partial charge is 0.486 e. The molecule has 6 heteroatoms. The van der Waals surface area contributed by atoms with Crippen LogP contribution >= 0.6 is 0 Å². The average molecular weight is 339 g/mol. The number of guanidine groups is 1. The van der Waals surface area contributed by atoms with Crippen LogP contribution in [0.15, 0.2) is 29.3 Å². The summed E-state index contributed by atoms with van der Waals surface area (Å²) in [4.78, 5) is 4.49. The van der Waals surface area contributed by atoms with Crippen LogP contribution in [0.2, 0.25) is 0 Å². The van der Waals surface area contributed by atoms with Crippen molar-refractivity contribution in [3.05, 3.63) is 30.1 Å². The number of hydrogen-bond donors (Lipinski definition) is 2. The van der Waals surface area contributed by atoms with Gasteiger partial charge in [-0.15, -0.1) is 0 Å². The fraction of sp³-hybridized carbons (Fsp3) is 0.611. The number of benzene rings is 1. The third kappa shape index (κ3) is 8.72. The first-order valence-electron chi connectivity index (χ1n) is 8.68. The van der Waals surface area contributed by atoms with Gasteiger partial charge in [-0.1, -0.05) is 12.1 Å². The number of aliphatic imine (C=N–C) groups is 1. The first kappa shape index (κ1) is 20.2. The Hall–Kier alpha value is -1.82. The van der Waals surface area contributed by atoms with Gasteiger partial charge in [0.2, 0.25) is 0 Å². The Morgan fingerprint density at radius 3 is 2.71 bits per heavy atom. The quantitative estimate of drug-likeness (QED) is 0.370. The van der Waals surface area contributed by atoms with Crippen LogP contribution in [0, 0.1) is 5.82 Å². The van der Waals surface area contributed by atoms with Gasteiger partial charge in [0.05, 0.1) is 6.54 Å². The molecule has 0 fully saturated rings. The lowest BCUT2D eigenvalue weighted by Gasteiger charge is -2.15. The summed E-state index contributed by atoms with van der Waals surface area (Å²) in [5.74, 6) is 0.652. The van der Waals surface area contributed by atoms with E-state index in [4.69, 9.17) is 9.47 Å². The lowest BCUT2D eigenvalue weighted by atomic mass is 10.3. The average Bonchev–Trinajstić information content (AvgIpc) is 2.57. The van der Waals surface area contributed by atoms with Gasteiger partial charge in [-0.05, 0) is 45.7 Å². The van der Waals surface area contributed by atoms with Crippen molar-refractivity contribution in [2.45, 2.75) is 39.7 Å². The van der Waals surface area contributed by atoms with Crippen molar-refractivity contribution in [1.82, 2.24) is 10.6 Å². The topological polar surface area (TPSA) is 54.9 Å². The SMILES string of the molecule is CCNC(=NCC(C)Oc1ccccc1F)NCCCCOCC. The molecule has 0 amide bonds. The predicted octanol–water partition coefficient (Wildman–Crippen LogP) is 2.96. The monoisotopic (exact) mass is 339 g/mol. The summed E-state index contributed by atoms with van der Waals surface area (Å²) in [5.41, 5.74) is 0. The summed E-state index contributed by atoms with van der Waals surface area (Å²) in [6.07, 6.45) is 1.83. The van der Waals surface area contributed by atoms with E-state index in [2.05, 4.69) is 15.6 Å². The molecule has 0 saturated carbocycles. The molecule has 0 aliphatic rings. The summed E-state index contributed by atoms with van der Waals surface area (Å²) in [6, 6.07) is 6.41. The molecule has 1 aromatic carbocycles. The first-order valence-corrected chi connectivity index (χ1v) is 8.68. The van der Waals surface area contributed by atoms with Crippen LogP contribution in [-0.2, 0) is 4.74 Å². The summed E-state index contributed by atoms with van der Waals surface area (Å²) >= 11 is 0. The number of rotatable bonds is 11. The van der Waals surface area contributed by atoms with E-state index >= 15 is 0 Å². The molecule has 1 aromatic rings. The van der Waals surface area contributed by atoms with E-state index in [0.29, 0.717) is 6.54 Å². The molecule has 1 rings (SSSR count). The van der Waals surface area contributed by atoms with Gasteiger partial charge >= 0.3 is 0 Å². The van der Waals surface area contributed by atoms with Gasteiger partial charge in [-0.2, -0.15) is 0 Å². The zero-order valence-corrected chi connectivity index (χ0v) is 15.0. The maximum absolute atomic E-state index is 13.6. The van der Waals surface area contributed by atoms with Crippen LogP contribution in [0.5, 0.6) is 5.75 Å². The molecular formula is C18H30FN3O2. The highest BCUT2D eigenvalue weighted by Gasteiger charge is 2.08. The van der Waals surface area contributed by atoms with Gasteiger partial charge in [0.15, 0.2) is 17.5 Å². The molecule has 1 unspecified atom stereocenters. The maximum Gasteiger partial charge on any atom is 0.191 e. The standard InChI is InChI=1S/C18H30FN3O2/c1-4-20-18(21-12-8-9-13-23-5-2)22-14-15(3)24-17-11-7-6-10-16(17)19/h6-7,10-11,15H,4-5,8-9,12-14H2,1-3H3,(H2,20,21,22). The first-order chi connectivity index (χ1) is 11.7. The molecule has 2 N–H and O–H groups in total. The van der Waals surface area contributed by atoms with Crippen molar-refractivity contribution in [3.8, 4) is 5.75 Å². The van der Waals surface area contributed by atoms with Crippen LogP contribution in [0.4, 0.5) is 4.39 Å². The lowest BCUT2D eigenvalue weighted by molar-refractivity contribution is 0.143. The van der Waals surface area contributed by atoms with Gasteiger partial charge in [-0.3, -0.25) is 0 Å². The van der Waals surface area contributed by atoms with Gasteiger partial charge in [0, 0.05) is 26.3 Å². The molecule has 24 heavy (non-hydrogen) atoms. The highest BCUT2D eigenvalue weighted by molar-refractivity contribution is 5.79. The molecule has 0 bridgehead atoms. The Morgan fingerprint density at radius 1 is 1.21 bits per heavy atom. The molecule has 1 atom stereocenters. The Kier molecular flexibility index (Phi) is 10.6. The van der Waals surface area contributed by atoms with E-state index in [1.807, 2.05) is 20.8 Å². The summed E-state index contributed by atoms with van der Waals surface area (Å²) in [6.45, 7) is 9.51. The number of hydrogen-bond acceptors (Lipinski definition) is 3. The Bertz CT molecular complexity index is 483. The fourth-order valence-electron chi connectivity index (χ4n) is 2.04. The second kappa shape index (κ2) is 12.6. The molecule has 136 valence electrons. The zero-order valence-electron chi connectivity index (χ0n) is 15.0. The van der Waals surface area contributed by atoms with E-state index in [0.717, 1.165) is 45.1 Å². The minimum absolute atomic E-state index is 0.213. The maximum atomic E-state index is 13.6. The number of halogens is 1. The minimum Gasteiger partial charge on any atom is -0.486 e. The number of nitrogens with one attached hydrogen (secondary N) is 2. The van der Waals surface area contributed by atoms with Gasteiger partial charge in [-0.25, -0.2) is 9.38 Å². The van der Waals surface area contributed by atoms with Gasteiger partial charge in [0.1, 0.15) is 6.10 Å². The van der Waals surface area contributed by atoms with Crippen molar-refractivity contribution >= 4 is 5.96 Å². The van der Waals surface area contributed by atoms with Crippen LogP contribution in [0.25, 0.3) is 0 Å².